The summed E-state index contributed by atoms with van der Waals surface area (Å²) < 4.78 is 0. The van der Waals surface area contributed by atoms with Crippen molar-refractivity contribution in [3.05, 3.63) is 6.42 Å². The summed E-state index contributed by atoms with van der Waals surface area (Å²) >= 11 is 0. The van der Waals surface area contributed by atoms with Crippen LogP contribution in [0.3, 0.4) is 0 Å². The predicted octanol–water partition coefficient (Wildman–Crippen LogP) is 0.370. The second kappa shape index (κ2) is 2.30. The minimum atomic E-state index is -0.407. The molecule has 3 nitrogen and oxygen atoms in total. The van der Waals surface area contributed by atoms with Crippen LogP contribution in [-0.2, 0) is 4.79 Å². The molecule has 0 spiro atoms. The van der Waals surface area contributed by atoms with Gasteiger partial charge in [-0.3, -0.25) is 4.79 Å². The van der Waals surface area contributed by atoms with Crippen molar-refractivity contribution in [3.63, 3.8) is 0 Å². The second-order valence-electron chi connectivity index (χ2n) is 2.59. The van der Waals surface area contributed by atoms with Crippen LogP contribution in [0, 0.1) is 23.2 Å². The lowest BCUT2D eigenvalue weighted by molar-refractivity contribution is -0.122. The molecule has 3 heteroatoms. The minimum absolute atomic E-state index is 0.289. The molecule has 0 aromatic heterocycles. The van der Waals surface area contributed by atoms with Crippen LogP contribution in [0.1, 0.15) is 19.3 Å². The molecule has 1 rings (SSSR count). The molecule has 0 aliphatic heterocycles. The number of nitrogens with zero attached hydrogens (tertiary/aromatic N) is 1. The van der Waals surface area contributed by atoms with Crippen LogP contribution in [0.4, 0.5) is 0 Å². The quantitative estimate of drug-likeness (QED) is 0.610. The van der Waals surface area contributed by atoms with E-state index < -0.39 is 5.41 Å². The van der Waals surface area contributed by atoms with E-state index in [2.05, 4.69) is 0 Å². The highest BCUT2D eigenvalue weighted by molar-refractivity contribution is 5.85. The van der Waals surface area contributed by atoms with Gasteiger partial charge in [-0.2, -0.15) is 5.26 Å². The fraction of sp³-hybridized carbons (Fsp3) is 0.571. The Morgan fingerprint density at radius 3 is 2.70 bits per heavy atom. The van der Waals surface area contributed by atoms with Crippen molar-refractivity contribution in [1.29, 1.82) is 5.26 Å². The fourth-order valence-electron chi connectivity index (χ4n) is 0.927. The summed E-state index contributed by atoms with van der Waals surface area (Å²) in [6.07, 6.45) is 3.69. The van der Waals surface area contributed by atoms with Crippen molar-refractivity contribution >= 4 is 5.91 Å². The lowest BCUT2D eigenvalue weighted by Gasteiger charge is -2.04. The van der Waals surface area contributed by atoms with Gasteiger partial charge >= 0.3 is 0 Å². The molecule has 0 saturated heterocycles. The van der Waals surface area contributed by atoms with E-state index in [1.807, 2.05) is 6.07 Å². The molecule has 0 aromatic carbocycles. The van der Waals surface area contributed by atoms with Gasteiger partial charge in [0.15, 0.2) is 0 Å². The number of carbonyl (C=O) groups is 1. The molecule has 0 atom stereocenters. The largest absolute Gasteiger partial charge is 0.369 e. The van der Waals surface area contributed by atoms with Gasteiger partial charge in [-0.05, 0) is 19.3 Å². The Kier molecular flexibility index (Phi) is 1.62. The SMILES string of the molecule is N#CC[CH]C1(C(N)=O)CC1. The number of hydrogen-bond acceptors (Lipinski definition) is 2. The highest BCUT2D eigenvalue weighted by Gasteiger charge is 2.47. The van der Waals surface area contributed by atoms with E-state index >= 15 is 0 Å². The van der Waals surface area contributed by atoms with E-state index in [1.54, 1.807) is 6.42 Å². The van der Waals surface area contributed by atoms with Crippen LogP contribution in [0.25, 0.3) is 0 Å². The normalized spacial score (nSPS) is 19.5. The minimum Gasteiger partial charge on any atom is -0.369 e. The number of amides is 1. The average molecular weight is 137 g/mol. The Hall–Kier alpha value is -1.04. The number of nitriles is 1. The zero-order valence-electron chi connectivity index (χ0n) is 5.63. The van der Waals surface area contributed by atoms with Gasteiger partial charge in [-0.1, -0.05) is 0 Å². The van der Waals surface area contributed by atoms with E-state index in [4.69, 9.17) is 11.0 Å². The van der Waals surface area contributed by atoms with Crippen molar-refractivity contribution in [2.45, 2.75) is 19.3 Å². The van der Waals surface area contributed by atoms with Crippen LogP contribution in [-0.4, -0.2) is 5.91 Å². The molecule has 1 fully saturated rings. The summed E-state index contributed by atoms with van der Waals surface area (Å²) in [6, 6.07) is 1.96. The molecule has 0 unspecified atom stereocenters. The number of primary amides is 1. The average Bonchev–Trinajstić information content (AvgIpc) is 2.64. The van der Waals surface area contributed by atoms with Gasteiger partial charge in [-0.25, -0.2) is 0 Å². The topological polar surface area (TPSA) is 66.9 Å². The second-order valence-corrected chi connectivity index (χ2v) is 2.59. The summed E-state index contributed by atoms with van der Waals surface area (Å²) in [5.41, 5.74) is 4.69. The van der Waals surface area contributed by atoms with Crippen molar-refractivity contribution < 1.29 is 4.79 Å². The number of rotatable bonds is 3. The number of nitrogens with two attached hydrogens (primary N) is 1. The van der Waals surface area contributed by atoms with Crippen LogP contribution >= 0.6 is 0 Å². The summed E-state index contributed by atoms with van der Waals surface area (Å²) in [4.78, 5) is 10.7. The fourth-order valence-corrected chi connectivity index (χ4v) is 0.927. The van der Waals surface area contributed by atoms with Crippen LogP contribution in [0.5, 0.6) is 0 Å². The lowest BCUT2D eigenvalue weighted by Crippen LogP contribution is -2.24. The van der Waals surface area contributed by atoms with Gasteiger partial charge in [0.1, 0.15) is 0 Å². The molecule has 0 heterocycles. The van der Waals surface area contributed by atoms with E-state index in [-0.39, 0.29) is 5.91 Å². The molecule has 10 heavy (non-hydrogen) atoms. The van der Waals surface area contributed by atoms with E-state index in [9.17, 15) is 4.79 Å². The molecule has 1 saturated carbocycles. The van der Waals surface area contributed by atoms with Crippen molar-refractivity contribution in [2.75, 3.05) is 0 Å². The molecule has 2 N–H and O–H groups in total. The zero-order chi connectivity index (χ0) is 7.61. The standard InChI is InChI=1S/C7H9N2O/c8-5-1-2-7(3-4-7)6(9)10/h2H,1,3-4H2,(H2,9,10). The molecule has 0 aromatic rings. The molecule has 1 radical (unpaired) electrons. The highest BCUT2D eigenvalue weighted by atomic mass is 16.1. The van der Waals surface area contributed by atoms with Gasteiger partial charge < -0.3 is 5.73 Å². The Morgan fingerprint density at radius 1 is 1.80 bits per heavy atom. The smallest absolute Gasteiger partial charge is 0.223 e. The maximum Gasteiger partial charge on any atom is 0.223 e. The number of hydrogen-bond donors (Lipinski definition) is 1. The molecule has 1 amide bonds. The van der Waals surface area contributed by atoms with Gasteiger partial charge in [0, 0.05) is 6.42 Å². The lowest BCUT2D eigenvalue weighted by atomic mass is 10.0. The Labute approximate surface area is 59.8 Å². The third-order valence-corrected chi connectivity index (χ3v) is 1.86. The maximum absolute atomic E-state index is 10.7. The summed E-state index contributed by atoms with van der Waals surface area (Å²) in [6.45, 7) is 0. The monoisotopic (exact) mass is 137 g/mol. The van der Waals surface area contributed by atoms with Gasteiger partial charge in [0.25, 0.3) is 0 Å². The first-order valence-electron chi connectivity index (χ1n) is 3.22. The molecule has 1 aliphatic carbocycles. The Balaban J connectivity index is 2.40. The highest BCUT2D eigenvalue weighted by Crippen LogP contribution is 2.48. The van der Waals surface area contributed by atoms with Crippen LogP contribution in [0.2, 0.25) is 0 Å². The van der Waals surface area contributed by atoms with Gasteiger partial charge in [0.2, 0.25) is 5.91 Å². The van der Waals surface area contributed by atoms with Gasteiger partial charge in [0.05, 0.1) is 11.5 Å². The molecule has 53 valence electrons. The third-order valence-electron chi connectivity index (χ3n) is 1.86. The van der Waals surface area contributed by atoms with Crippen molar-refractivity contribution in [3.8, 4) is 6.07 Å². The molecular formula is C7H9N2O. The predicted molar refractivity (Wildman–Crippen MR) is 35.4 cm³/mol. The zero-order valence-corrected chi connectivity index (χ0v) is 5.63. The van der Waals surface area contributed by atoms with E-state index in [0.29, 0.717) is 6.42 Å². The first-order chi connectivity index (χ1) is 4.71. The van der Waals surface area contributed by atoms with Crippen molar-refractivity contribution in [1.82, 2.24) is 0 Å². The Morgan fingerprint density at radius 2 is 2.40 bits per heavy atom. The van der Waals surface area contributed by atoms with Gasteiger partial charge in [-0.15, -0.1) is 0 Å². The van der Waals surface area contributed by atoms with Crippen LogP contribution in [0.15, 0.2) is 0 Å². The third kappa shape index (κ3) is 1.10. The summed E-state index contributed by atoms with van der Waals surface area (Å²) in [7, 11) is 0. The van der Waals surface area contributed by atoms with E-state index in [0.717, 1.165) is 12.8 Å². The summed E-state index contributed by atoms with van der Waals surface area (Å²) in [5, 5.41) is 8.21. The van der Waals surface area contributed by atoms with Crippen LogP contribution < -0.4 is 5.73 Å². The van der Waals surface area contributed by atoms with Crippen molar-refractivity contribution in [2.24, 2.45) is 11.1 Å². The molecular weight excluding hydrogens is 128 g/mol. The molecule has 1 aliphatic rings. The summed E-state index contributed by atoms with van der Waals surface area (Å²) in [5.74, 6) is -0.289. The number of carbonyl (C=O) groups excluding carboxylic acids is 1. The first kappa shape index (κ1) is 7.07. The first-order valence-corrected chi connectivity index (χ1v) is 3.22. The maximum atomic E-state index is 10.7. The molecule has 0 bridgehead atoms. The Bertz CT molecular complexity index is 188. The van der Waals surface area contributed by atoms with E-state index in [1.165, 1.54) is 0 Å².